The maximum atomic E-state index is 13.5. The number of nitrogen functional groups attached to an aromatic ring is 1. The van der Waals surface area contributed by atoms with E-state index in [0.717, 1.165) is 16.5 Å². The second-order valence-corrected chi connectivity index (χ2v) is 4.63. The van der Waals surface area contributed by atoms with Gasteiger partial charge >= 0.3 is 0 Å². The van der Waals surface area contributed by atoms with Crippen LogP contribution in [0.5, 0.6) is 0 Å². The summed E-state index contributed by atoms with van der Waals surface area (Å²) in [6.45, 7) is 0. The largest absolute Gasteiger partial charge is 0.397 e. The molecular formula is C15H10ClFN2. The van der Waals surface area contributed by atoms with Crippen LogP contribution in [0.3, 0.4) is 0 Å². The Morgan fingerprint density at radius 2 is 1.89 bits per heavy atom. The zero-order chi connectivity index (χ0) is 13.4. The molecule has 1 heterocycles. The van der Waals surface area contributed by atoms with Crippen LogP contribution in [0, 0.1) is 5.82 Å². The average Bonchev–Trinajstić information content (AvgIpc) is 2.42. The fourth-order valence-electron chi connectivity index (χ4n) is 2.15. The highest BCUT2D eigenvalue weighted by Gasteiger charge is 2.11. The third-order valence-corrected chi connectivity index (χ3v) is 3.34. The fourth-order valence-corrected chi connectivity index (χ4v) is 2.35. The van der Waals surface area contributed by atoms with Crippen LogP contribution < -0.4 is 5.73 Å². The van der Waals surface area contributed by atoms with Gasteiger partial charge in [-0.1, -0.05) is 29.8 Å². The summed E-state index contributed by atoms with van der Waals surface area (Å²) in [4.78, 5) is 4.27. The third kappa shape index (κ3) is 2.02. The molecule has 0 aliphatic carbocycles. The predicted molar refractivity (Wildman–Crippen MR) is 76.6 cm³/mol. The van der Waals surface area contributed by atoms with Gasteiger partial charge in [0.25, 0.3) is 0 Å². The monoisotopic (exact) mass is 272 g/mol. The summed E-state index contributed by atoms with van der Waals surface area (Å²) in [6.07, 6.45) is 1.72. The van der Waals surface area contributed by atoms with Gasteiger partial charge in [-0.2, -0.15) is 0 Å². The van der Waals surface area contributed by atoms with E-state index in [1.807, 2.05) is 30.3 Å². The number of rotatable bonds is 1. The number of benzene rings is 2. The number of pyridine rings is 1. The first-order valence-corrected chi connectivity index (χ1v) is 6.13. The molecule has 0 atom stereocenters. The van der Waals surface area contributed by atoms with Gasteiger partial charge in [-0.05, 0) is 29.8 Å². The summed E-state index contributed by atoms with van der Waals surface area (Å²) >= 11 is 5.94. The molecule has 4 heteroatoms. The lowest BCUT2D eigenvalue weighted by molar-refractivity contribution is 0.628. The highest BCUT2D eigenvalue weighted by Crippen LogP contribution is 2.36. The molecule has 1 aromatic heterocycles. The van der Waals surface area contributed by atoms with E-state index in [0.29, 0.717) is 11.3 Å². The van der Waals surface area contributed by atoms with Gasteiger partial charge in [0.15, 0.2) is 0 Å². The zero-order valence-electron chi connectivity index (χ0n) is 9.90. The molecule has 0 saturated carbocycles. The Morgan fingerprint density at radius 1 is 1.05 bits per heavy atom. The van der Waals surface area contributed by atoms with Crippen LogP contribution in [-0.4, -0.2) is 4.98 Å². The third-order valence-electron chi connectivity index (χ3n) is 3.03. The highest BCUT2D eigenvalue weighted by atomic mass is 35.5. The topological polar surface area (TPSA) is 38.9 Å². The Balaban J connectivity index is 2.37. The van der Waals surface area contributed by atoms with Crippen LogP contribution >= 0.6 is 11.6 Å². The SMILES string of the molecule is Nc1c(Cl)cc(F)cc1-c1cccc2ncccc12. The van der Waals surface area contributed by atoms with Crippen LogP contribution in [-0.2, 0) is 0 Å². The number of nitrogens with two attached hydrogens (primary N) is 1. The van der Waals surface area contributed by atoms with E-state index in [1.165, 1.54) is 12.1 Å². The van der Waals surface area contributed by atoms with Gasteiger partial charge in [0.05, 0.1) is 16.2 Å². The van der Waals surface area contributed by atoms with Gasteiger partial charge in [-0.3, -0.25) is 4.98 Å². The van der Waals surface area contributed by atoms with Gasteiger partial charge < -0.3 is 5.73 Å². The number of hydrogen-bond acceptors (Lipinski definition) is 2. The molecule has 0 radical (unpaired) electrons. The molecule has 0 spiro atoms. The molecule has 0 fully saturated rings. The van der Waals surface area contributed by atoms with Gasteiger partial charge in [0, 0.05) is 17.1 Å². The molecule has 0 aliphatic heterocycles. The van der Waals surface area contributed by atoms with Crippen molar-refractivity contribution in [2.45, 2.75) is 0 Å². The van der Waals surface area contributed by atoms with Crippen molar-refractivity contribution in [3.8, 4) is 11.1 Å². The standard InChI is InChI=1S/C15H10ClFN2/c16-13-8-9(17)7-12(15(13)18)10-3-1-5-14-11(10)4-2-6-19-14/h1-8H,18H2. The van der Waals surface area contributed by atoms with E-state index in [9.17, 15) is 4.39 Å². The van der Waals surface area contributed by atoms with Crippen molar-refractivity contribution in [1.82, 2.24) is 4.98 Å². The molecule has 3 aromatic rings. The maximum Gasteiger partial charge on any atom is 0.125 e. The molecule has 3 rings (SSSR count). The molecule has 2 N–H and O–H groups in total. The molecule has 0 saturated heterocycles. The van der Waals surface area contributed by atoms with Crippen LogP contribution in [0.25, 0.3) is 22.0 Å². The van der Waals surface area contributed by atoms with Gasteiger partial charge in [-0.15, -0.1) is 0 Å². The van der Waals surface area contributed by atoms with Gasteiger partial charge in [0.2, 0.25) is 0 Å². The lowest BCUT2D eigenvalue weighted by Gasteiger charge is -2.10. The molecule has 2 nitrogen and oxygen atoms in total. The molecule has 0 bridgehead atoms. The summed E-state index contributed by atoms with van der Waals surface area (Å²) < 4.78 is 13.5. The second kappa shape index (κ2) is 4.52. The first kappa shape index (κ1) is 11.9. The molecular weight excluding hydrogens is 263 g/mol. The number of aromatic nitrogens is 1. The smallest absolute Gasteiger partial charge is 0.125 e. The Kier molecular flexibility index (Phi) is 2.84. The molecule has 19 heavy (non-hydrogen) atoms. The quantitative estimate of drug-likeness (QED) is 0.672. The summed E-state index contributed by atoms with van der Waals surface area (Å²) in [5, 5.41) is 1.13. The molecule has 2 aromatic carbocycles. The van der Waals surface area contributed by atoms with Crippen LogP contribution in [0.2, 0.25) is 5.02 Å². The lowest BCUT2D eigenvalue weighted by Crippen LogP contribution is -1.94. The number of hydrogen-bond donors (Lipinski definition) is 1. The lowest BCUT2D eigenvalue weighted by atomic mass is 9.99. The number of halogens is 2. The number of anilines is 1. The highest BCUT2D eigenvalue weighted by molar-refractivity contribution is 6.33. The number of nitrogens with zero attached hydrogens (tertiary/aromatic N) is 1. The average molecular weight is 273 g/mol. The first-order valence-electron chi connectivity index (χ1n) is 5.75. The minimum atomic E-state index is -0.407. The molecule has 0 aliphatic rings. The van der Waals surface area contributed by atoms with E-state index >= 15 is 0 Å². The van der Waals surface area contributed by atoms with Crippen molar-refractivity contribution in [1.29, 1.82) is 0 Å². The van der Waals surface area contributed by atoms with E-state index in [1.54, 1.807) is 6.20 Å². The van der Waals surface area contributed by atoms with Crippen molar-refractivity contribution in [3.05, 3.63) is 59.5 Å². The van der Waals surface area contributed by atoms with E-state index in [-0.39, 0.29) is 5.02 Å². The van der Waals surface area contributed by atoms with Gasteiger partial charge in [0.1, 0.15) is 5.82 Å². The maximum absolute atomic E-state index is 13.5. The minimum absolute atomic E-state index is 0.218. The first-order chi connectivity index (χ1) is 9.16. The van der Waals surface area contributed by atoms with Crippen molar-refractivity contribution in [2.75, 3.05) is 5.73 Å². The van der Waals surface area contributed by atoms with E-state index in [4.69, 9.17) is 17.3 Å². The zero-order valence-corrected chi connectivity index (χ0v) is 10.7. The van der Waals surface area contributed by atoms with Crippen molar-refractivity contribution < 1.29 is 4.39 Å². The van der Waals surface area contributed by atoms with E-state index < -0.39 is 5.82 Å². The molecule has 0 unspecified atom stereocenters. The van der Waals surface area contributed by atoms with Gasteiger partial charge in [-0.25, -0.2) is 4.39 Å². The Morgan fingerprint density at radius 3 is 2.74 bits per heavy atom. The van der Waals surface area contributed by atoms with Crippen LogP contribution in [0.15, 0.2) is 48.7 Å². The summed E-state index contributed by atoms with van der Waals surface area (Å²) in [5.41, 5.74) is 8.57. The Labute approximate surface area is 114 Å². The summed E-state index contributed by atoms with van der Waals surface area (Å²) in [7, 11) is 0. The van der Waals surface area contributed by atoms with Crippen molar-refractivity contribution in [2.24, 2.45) is 0 Å². The fraction of sp³-hybridized carbons (Fsp3) is 0. The van der Waals surface area contributed by atoms with E-state index in [2.05, 4.69) is 4.98 Å². The van der Waals surface area contributed by atoms with Crippen molar-refractivity contribution >= 4 is 28.2 Å². The Hall–Kier alpha value is -2.13. The van der Waals surface area contributed by atoms with Crippen LogP contribution in [0.1, 0.15) is 0 Å². The Bertz CT molecular complexity index is 766. The second-order valence-electron chi connectivity index (χ2n) is 4.22. The molecule has 0 amide bonds. The summed E-state index contributed by atoms with van der Waals surface area (Å²) in [5.74, 6) is -0.407. The van der Waals surface area contributed by atoms with Crippen LogP contribution in [0.4, 0.5) is 10.1 Å². The number of fused-ring (bicyclic) bond motifs is 1. The minimum Gasteiger partial charge on any atom is -0.397 e. The predicted octanol–water partition coefficient (Wildman–Crippen LogP) is 4.28. The normalized spacial score (nSPS) is 10.8. The summed E-state index contributed by atoms with van der Waals surface area (Å²) in [6, 6.07) is 12.0. The molecule has 94 valence electrons. The van der Waals surface area contributed by atoms with Crippen molar-refractivity contribution in [3.63, 3.8) is 0 Å².